The third-order valence-electron chi connectivity index (χ3n) is 4.63. The van der Waals surface area contributed by atoms with E-state index in [2.05, 4.69) is 24.1 Å². The first kappa shape index (κ1) is 14.8. The number of aromatic nitrogens is 2. The topological polar surface area (TPSA) is 41.3 Å². The van der Waals surface area contributed by atoms with Crippen LogP contribution in [0.5, 0.6) is 0 Å². The zero-order valence-corrected chi connectivity index (χ0v) is 13.0. The van der Waals surface area contributed by atoms with Gasteiger partial charge in [-0.2, -0.15) is 5.10 Å². The van der Waals surface area contributed by atoms with Crippen LogP contribution in [0, 0.1) is 6.92 Å². The van der Waals surface area contributed by atoms with Crippen molar-refractivity contribution in [2.75, 3.05) is 14.1 Å². The van der Waals surface area contributed by atoms with Gasteiger partial charge in [0.2, 0.25) is 0 Å². The van der Waals surface area contributed by atoms with E-state index in [-0.39, 0.29) is 5.54 Å². The highest BCUT2D eigenvalue weighted by atomic mass is 35.5. The lowest BCUT2D eigenvalue weighted by Crippen LogP contribution is -2.52. The molecule has 1 fully saturated rings. The van der Waals surface area contributed by atoms with Gasteiger partial charge in [-0.15, -0.1) is 0 Å². The highest BCUT2D eigenvalue weighted by Gasteiger charge is 2.42. The minimum absolute atomic E-state index is 0.110. The lowest BCUT2D eigenvalue weighted by atomic mass is 9.86. The summed E-state index contributed by atoms with van der Waals surface area (Å²) in [5, 5.41) is 15.7. The van der Waals surface area contributed by atoms with Crippen molar-refractivity contribution in [3.8, 4) is 0 Å². The number of nitrogens with zero attached hydrogens (tertiary/aromatic N) is 3. The van der Waals surface area contributed by atoms with Crippen molar-refractivity contribution in [2.24, 2.45) is 7.05 Å². The molecule has 1 saturated carbocycles. The van der Waals surface area contributed by atoms with Crippen molar-refractivity contribution < 1.29 is 5.11 Å². The van der Waals surface area contributed by atoms with Gasteiger partial charge in [0.15, 0.2) is 0 Å². The second-order valence-electron chi connectivity index (χ2n) is 5.89. The van der Waals surface area contributed by atoms with E-state index in [0.29, 0.717) is 11.4 Å². The number of halogens is 1. The highest BCUT2D eigenvalue weighted by Crippen LogP contribution is 2.38. The monoisotopic (exact) mass is 285 g/mol. The van der Waals surface area contributed by atoms with Gasteiger partial charge in [0.05, 0.1) is 22.5 Å². The number of aliphatic hydroxyl groups excluding tert-OH is 1. The van der Waals surface area contributed by atoms with E-state index in [0.717, 1.165) is 24.2 Å². The summed E-state index contributed by atoms with van der Waals surface area (Å²) >= 11 is 6.28. The van der Waals surface area contributed by atoms with Crippen LogP contribution in [-0.4, -0.2) is 45.5 Å². The van der Waals surface area contributed by atoms with Crippen molar-refractivity contribution in [1.82, 2.24) is 14.7 Å². The molecule has 19 heavy (non-hydrogen) atoms. The Hall–Kier alpha value is -0.580. The van der Waals surface area contributed by atoms with Crippen LogP contribution >= 0.6 is 11.6 Å². The van der Waals surface area contributed by atoms with E-state index in [1.165, 1.54) is 12.8 Å². The molecule has 0 spiro atoms. The van der Waals surface area contributed by atoms with Crippen molar-refractivity contribution in [3.05, 3.63) is 16.4 Å². The Morgan fingerprint density at radius 3 is 2.42 bits per heavy atom. The number of aryl methyl sites for hydroxylation is 2. The molecule has 0 aliphatic heterocycles. The minimum Gasteiger partial charge on any atom is -0.391 e. The number of hydrogen-bond donors (Lipinski definition) is 1. The molecule has 0 amide bonds. The average Bonchev–Trinajstić information content (AvgIpc) is 2.92. The van der Waals surface area contributed by atoms with Gasteiger partial charge in [0, 0.05) is 19.0 Å². The molecule has 1 aromatic rings. The highest BCUT2D eigenvalue weighted by molar-refractivity contribution is 6.31. The molecule has 0 bridgehead atoms. The van der Waals surface area contributed by atoms with Crippen molar-refractivity contribution in [2.45, 2.75) is 50.7 Å². The molecule has 1 atom stereocenters. The maximum atomic E-state index is 10.7. The molecule has 1 N–H and O–H groups in total. The lowest BCUT2D eigenvalue weighted by molar-refractivity contribution is -0.00347. The molecule has 1 unspecified atom stereocenters. The fourth-order valence-corrected chi connectivity index (χ4v) is 3.58. The molecule has 5 heteroatoms. The molecular formula is C14H24ClN3O. The number of likely N-dealkylation sites (N-methyl/N-ethyl adjacent to an activating group) is 1. The normalized spacial score (nSPS) is 20.2. The number of aliphatic hydroxyl groups is 1. The molecule has 1 heterocycles. The second kappa shape index (κ2) is 5.43. The molecular weight excluding hydrogens is 262 g/mol. The molecule has 108 valence electrons. The van der Waals surface area contributed by atoms with Crippen LogP contribution in [0.1, 0.15) is 37.1 Å². The maximum absolute atomic E-state index is 10.7. The van der Waals surface area contributed by atoms with E-state index in [9.17, 15) is 5.11 Å². The molecule has 1 aliphatic carbocycles. The summed E-state index contributed by atoms with van der Waals surface area (Å²) in [5.74, 6) is 0. The fraction of sp³-hybridized carbons (Fsp3) is 0.786. The Morgan fingerprint density at radius 1 is 1.42 bits per heavy atom. The van der Waals surface area contributed by atoms with Gasteiger partial charge in [-0.25, -0.2) is 0 Å². The number of hydrogen-bond acceptors (Lipinski definition) is 3. The standard InChI is InChI=1S/C14H24ClN3O/c1-10-13(15)11(18(4)16-10)9-12(19)14(17(2)3)7-5-6-8-14/h12,19H,5-9H2,1-4H3. The van der Waals surface area contributed by atoms with Gasteiger partial charge in [-0.3, -0.25) is 4.68 Å². The summed E-state index contributed by atoms with van der Waals surface area (Å²) in [6, 6.07) is 0. The van der Waals surface area contributed by atoms with Crippen LogP contribution in [-0.2, 0) is 13.5 Å². The third kappa shape index (κ3) is 2.54. The smallest absolute Gasteiger partial charge is 0.0847 e. The number of rotatable bonds is 4. The lowest BCUT2D eigenvalue weighted by Gasteiger charge is -2.40. The summed E-state index contributed by atoms with van der Waals surface area (Å²) in [6.07, 6.45) is 4.64. The summed E-state index contributed by atoms with van der Waals surface area (Å²) in [6.45, 7) is 1.90. The Morgan fingerprint density at radius 2 is 2.00 bits per heavy atom. The predicted molar refractivity (Wildman–Crippen MR) is 77.6 cm³/mol. The van der Waals surface area contributed by atoms with Gasteiger partial charge < -0.3 is 10.0 Å². The third-order valence-corrected chi connectivity index (χ3v) is 5.12. The van der Waals surface area contributed by atoms with Gasteiger partial charge >= 0.3 is 0 Å². The Bertz CT molecular complexity index is 450. The molecule has 2 rings (SSSR count). The molecule has 4 nitrogen and oxygen atoms in total. The quantitative estimate of drug-likeness (QED) is 0.922. The predicted octanol–water partition coefficient (Wildman–Crippen LogP) is 2.16. The van der Waals surface area contributed by atoms with E-state index < -0.39 is 6.10 Å². The van der Waals surface area contributed by atoms with E-state index in [4.69, 9.17) is 11.6 Å². The SMILES string of the molecule is Cc1nn(C)c(CC(O)C2(N(C)C)CCCC2)c1Cl. The Kier molecular flexibility index (Phi) is 4.23. The Balaban J connectivity index is 2.22. The minimum atomic E-state index is -0.405. The van der Waals surface area contributed by atoms with Crippen molar-refractivity contribution >= 4 is 11.6 Å². The van der Waals surface area contributed by atoms with Crippen molar-refractivity contribution in [1.29, 1.82) is 0 Å². The van der Waals surface area contributed by atoms with Gasteiger partial charge in [0.25, 0.3) is 0 Å². The van der Waals surface area contributed by atoms with E-state index in [1.807, 2.05) is 14.0 Å². The summed E-state index contributed by atoms with van der Waals surface area (Å²) in [4.78, 5) is 2.18. The molecule has 0 radical (unpaired) electrons. The zero-order valence-electron chi connectivity index (χ0n) is 12.3. The van der Waals surface area contributed by atoms with E-state index in [1.54, 1.807) is 4.68 Å². The van der Waals surface area contributed by atoms with E-state index >= 15 is 0 Å². The van der Waals surface area contributed by atoms with Crippen LogP contribution in [0.25, 0.3) is 0 Å². The summed E-state index contributed by atoms with van der Waals surface area (Å²) in [5.41, 5.74) is 1.65. The summed E-state index contributed by atoms with van der Waals surface area (Å²) in [7, 11) is 6.01. The zero-order chi connectivity index (χ0) is 14.2. The largest absolute Gasteiger partial charge is 0.391 e. The van der Waals surface area contributed by atoms with Crippen LogP contribution < -0.4 is 0 Å². The van der Waals surface area contributed by atoms with Crippen LogP contribution in [0.2, 0.25) is 5.02 Å². The first-order valence-electron chi connectivity index (χ1n) is 6.92. The first-order chi connectivity index (χ1) is 8.88. The van der Waals surface area contributed by atoms with Gasteiger partial charge in [-0.1, -0.05) is 24.4 Å². The van der Waals surface area contributed by atoms with Crippen LogP contribution in [0.4, 0.5) is 0 Å². The summed E-state index contributed by atoms with van der Waals surface area (Å²) < 4.78 is 1.79. The Labute approximate surface area is 120 Å². The molecule has 0 aromatic carbocycles. The maximum Gasteiger partial charge on any atom is 0.0847 e. The molecule has 1 aromatic heterocycles. The van der Waals surface area contributed by atoms with Crippen molar-refractivity contribution in [3.63, 3.8) is 0 Å². The second-order valence-corrected chi connectivity index (χ2v) is 6.27. The molecule has 1 aliphatic rings. The van der Waals surface area contributed by atoms with Crippen LogP contribution in [0.15, 0.2) is 0 Å². The van der Waals surface area contributed by atoms with Gasteiger partial charge in [0.1, 0.15) is 0 Å². The fourth-order valence-electron chi connectivity index (χ4n) is 3.34. The molecule has 0 saturated heterocycles. The average molecular weight is 286 g/mol. The first-order valence-corrected chi connectivity index (χ1v) is 7.30. The van der Waals surface area contributed by atoms with Gasteiger partial charge in [-0.05, 0) is 33.9 Å². The van der Waals surface area contributed by atoms with Crippen LogP contribution in [0.3, 0.4) is 0 Å².